The van der Waals surface area contributed by atoms with E-state index in [0.29, 0.717) is 10.6 Å². The minimum absolute atomic E-state index is 0.0317. The Morgan fingerprint density at radius 2 is 2.19 bits per heavy atom. The summed E-state index contributed by atoms with van der Waals surface area (Å²) in [5.41, 5.74) is 5.07. The van der Waals surface area contributed by atoms with Gasteiger partial charge in [0.05, 0.1) is 23.4 Å². The van der Waals surface area contributed by atoms with Crippen LogP contribution in [0.1, 0.15) is 15.4 Å². The van der Waals surface area contributed by atoms with E-state index < -0.39 is 11.5 Å². The number of furan rings is 1. The number of H-pyrrole nitrogens is 1. The van der Waals surface area contributed by atoms with Crippen molar-refractivity contribution in [2.45, 2.75) is 11.7 Å². The fourth-order valence-corrected chi connectivity index (χ4v) is 3.34. The van der Waals surface area contributed by atoms with Crippen LogP contribution in [0.3, 0.4) is 0 Å². The number of carbonyl (C=O) groups is 2. The molecule has 0 bridgehead atoms. The Bertz CT molecular complexity index is 983. The molecule has 3 aromatic rings. The van der Waals surface area contributed by atoms with E-state index in [9.17, 15) is 14.4 Å². The lowest BCUT2D eigenvalue weighted by atomic mass is 10.4. The van der Waals surface area contributed by atoms with Gasteiger partial charge in [0.2, 0.25) is 5.91 Å². The topological polar surface area (TPSA) is 143 Å². The Kier molecular flexibility index (Phi) is 5.94. The fourth-order valence-electron chi connectivity index (χ4n) is 2.03. The maximum atomic E-state index is 12.2. The Hall–Kier alpha value is -3.05. The van der Waals surface area contributed by atoms with Crippen LogP contribution in [-0.4, -0.2) is 27.5 Å². The third kappa shape index (κ3) is 4.99. The molecule has 0 fully saturated rings. The van der Waals surface area contributed by atoms with Crippen LogP contribution in [0.15, 0.2) is 50.3 Å². The Morgan fingerprint density at radius 3 is 2.85 bits per heavy atom. The van der Waals surface area contributed by atoms with Gasteiger partial charge in [0.25, 0.3) is 11.5 Å². The van der Waals surface area contributed by atoms with Crippen LogP contribution in [0.25, 0.3) is 0 Å². The molecule has 0 aliphatic carbocycles. The summed E-state index contributed by atoms with van der Waals surface area (Å²) in [7, 11) is 0. The normalized spacial score (nSPS) is 10.5. The van der Waals surface area contributed by atoms with Gasteiger partial charge in [0.15, 0.2) is 16.7 Å². The molecule has 3 heterocycles. The van der Waals surface area contributed by atoms with Gasteiger partial charge in [-0.15, -0.1) is 11.3 Å². The molecule has 0 unspecified atom stereocenters. The summed E-state index contributed by atoms with van der Waals surface area (Å²) in [6.07, 6.45) is 1.52. The van der Waals surface area contributed by atoms with Crippen molar-refractivity contribution in [3.8, 4) is 0 Å². The van der Waals surface area contributed by atoms with Gasteiger partial charge in [0, 0.05) is 0 Å². The van der Waals surface area contributed by atoms with Crippen molar-refractivity contribution in [1.82, 2.24) is 15.3 Å². The molecule has 0 aromatic carbocycles. The van der Waals surface area contributed by atoms with Crippen LogP contribution in [0.4, 0.5) is 11.5 Å². The fraction of sp³-hybridized carbons (Fsp3) is 0.125. The van der Waals surface area contributed by atoms with E-state index >= 15 is 0 Å². The summed E-state index contributed by atoms with van der Waals surface area (Å²) in [6.45, 7) is 0.270. The summed E-state index contributed by atoms with van der Waals surface area (Å²) in [5, 5.41) is 7.06. The number of rotatable bonds is 7. The highest BCUT2D eigenvalue weighted by molar-refractivity contribution is 7.99. The molecule has 0 radical (unpaired) electrons. The average molecular weight is 405 g/mol. The number of aromatic amines is 1. The van der Waals surface area contributed by atoms with E-state index in [4.69, 9.17) is 10.2 Å². The van der Waals surface area contributed by atoms with Crippen molar-refractivity contribution >= 4 is 46.4 Å². The molecule has 3 rings (SSSR count). The molecule has 11 heteroatoms. The number of aromatic nitrogens is 2. The van der Waals surface area contributed by atoms with Crippen LogP contribution >= 0.6 is 23.1 Å². The van der Waals surface area contributed by atoms with Crippen LogP contribution in [0.5, 0.6) is 0 Å². The number of anilines is 2. The first-order valence-electron chi connectivity index (χ1n) is 7.69. The highest BCUT2D eigenvalue weighted by atomic mass is 32.2. The standard InChI is InChI=1S/C16H15N5O4S2/c17-13-12(19-14(23)10-4-2-6-26-10)15(24)21-16(20-13)27-8-11(22)18-7-9-3-1-5-25-9/h1-6H,7-8H2,(H,18,22)(H,19,23)(H3,17,20,21,24). The van der Waals surface area contributed by atoms with Gasteiger partial charge in [-0.3, -0.25) is 19.4 Å². The molecule has 0 aliphatic heterocycles. The van der Waals surface area contributed by atoms with E-state index in [1.165, 1.54) is 17.6 Å². The maximum absolute atomic E-state index is 12.2. The van der Waals surface area contributed by atoms with E-state index in [-0.39, 0.29) is 34.9 Å². The molecule has 0 saturated heterocycles. The predicted octanol–water partition coefficient (Wildman–Crippen LogP) is 1.67. The predicted molar refractivity (Wildman–Crippen MR) is 103 cm³/mol. The number of thioether (sulfide) groups is 1. The van der Waals surface area contributed by atoms with Crippen molar-refractivity contribution in [2.24, 2.45) is 0 Å². The zero-order chi connectivity index (χ0) is 19.2. The highest BCUT2D eigenvalue weighted by Crippen LogP contribution is 2.18. The zero-order valence-electron chi connectivity index (χ0n) is 13.9. The Morgan fingerprint density at radius 1 is 1.33 bits per heavy atom. The number of carbonyl (C=O) groups excluding carboxylic acids is 2. The van der Waals surface area contributed by atoms with Crippen LogP contribution in [-0.2, 0) is 11.3 Å². The maximum Gasteiger partial charge on any atom is 0.277 e. The molecule has 0 atom stereocenters. The second-order valence-electron chi connectivity index (χ2n) is 5.21. The van der Waals surface area contributed by atoms with Crippen LogP contribution in [0, 0.1) is 0 Å². The van der Waals surface area contributed by atoms with Gasteiger partial charge in [0.1, 0.15) is 5.76 Å². The zero-order valence-corrected chi connectivity index (χ0v) is 15.5. The van der Waals surface area contributed by atoms with Gasteiger partial charge >= 0.3 is 0 Å². The molecule has 140 valence electrons. The number of nitrogens with two attached hydrogens (primary N) is 1. The monoisotopic (exact) mass is 405 g/mol. The Balaban J connectivity index is 1.58. The van der Waals surface area contributed by atoms with E-state index in [1.807, 2.05) is 0 Å². The van der Waals surface area contributed by atoms with Gasteiger partial charge in [-0.2, -0.15) is 0 Å². The summed E-state index contributed by atoms with van der Waals surface area (Å²) in [4.78, 5) is 43.0. The van der Waals surface area contributed by atoms with Gasteiger partial charge < -0.3 is 20.8 Å². The number of nitrogens with zero attached hydrogens (tertiary/aromatic N) is 1. The van der Waals surface area contributed by atoms with E-state index in [2.05, 4.69) is 20.6 Å². The number of hydrogen-bond acceptors (Lipinski definition) is 8. The number of nitrogen functional groups attached to an aromatic ring is 1. The third-order valence-corrected chi connectivity index (χ3v) is 5.03. The summed E-state index contributed by atoms with van der Waals surface area (Å²) in [6, 6.07) is 6.83. The van der Waals surface area contributed by atoms with Crippen molar-refractivity contribution in [1.29, 1.82) is 0 Å². The molecule has 0 saturated carbocycles. The largest absolute Gasteiger partial charge is 0.467 e. The minimum atomic E-state index is -0.592. The molecule has 0 spiro atoms. The van der Waals surface area contributed by atoms with Crippen LogP contribution in [0.2, 0.25) is 0 Å². The smallest absolute Gasteiger partial charge is 0.277 e. The van der Waals surface area contributed by atoms with Gasteiger partial charge in [-0.25, -0.2) is 4.98 Å². The lowest BCUT2D eigenvalue weighted by Gasteiger charge is -2.08. The van der Waals surface area contributed by atoms with E-state index in [1.54, 1.807) is 29.6 Å². The quantitative estimate of drug-likeness (QED) is 0.346. The van der Waals surface area contributed by atoms with Crippen molar-refractivity contribution in [3.05, 3.63) is 56.9 Å². The van der Waals surface area contributed by atoms with Crippen LogP contribution < -0.4 is 21.9 Å². The average Bonchev–Trinajstić information content (AvgIpc) is 3.34. The molecular formula is C16H15N5O4S2. The van der Waals surface area contributed by atoms with E-state index in [0.717, 1.165) is 11.8 Å². The number of amides is 2. The number of nitrogens with one attached hydrogen (secondary N) is 3. The number of hydrogen-bond donors (Lipinski definition) is 4. The first-order chi connectivity index (χ1) is 13.0. The second-order valence-corrected chi connectivity index (χ2v) is 7.12. The number of thiophene rings is 1. The molecule has 27 heavy (non-hydrogen) atoms. The molecular weight excluding hydrogens is 390 g/mol. The first-order valence-corrected chi connectivity index (χ1v) is 9.56. The third-order valence-electron chi connectivity index (χ3n) is 3.29. The molecule has 3 aromatic heterocycles. The molecule has 0 aliphatic rings. The van der Waals surface area contributed by atoms with Crippen molar-refractivity contribution < 1.29 is 14.0 Å². The van der Waals surface area contributed by atoms with Gasteiger partial charge in [-0.1, -0.05) is 17.8 Å². The Labute approximate surface area is 161 Å². The summed E-state index contributed by atoms with van der Waals surface area (Å²) in [5.74, 6) is -0.157. The molecule has 5 N–H and O–H groups in total. The van der Waals surface area contributed by atoms with Gasteiger partial charge in [-0.05, 0) is 23.6 Å². The minimum Gasteiger partial charge on any atom is -0.467 e. The molecule has 9 nitrogen and oxygen atoms in total. The van der Waals surface area contributed by atoms with Crippen molar-refractivity contribution in [2.75, 3.05) is 16.8 Å². The lowest BCUT2D eigenvalue weighted by molar-refractivity contribution is -0.118. The second kappa shape index (κ2) is 8.56. The first kappa shape index (κ1) is 18.7. The molecule has 2 amide bonds. The summed E-state index contributed by atoms with van der Waals surface area (Å²) < 4.78 is 5.12. The lowest BCUT2D eigenvalue weighted by Crippen LogP contribution is -2.25. The van der Waals surface area contributed by atoms with Crippen molar-refractivity contribution in [3.63, 3.8) is 0 Å². The summed E-state index contributed by atoms with van der Waals surface area (Å²) >= 11 is 2.26. The SMILES string of the molecule is Nc1nc(SCC(=O)NCc2ccco2)[nH]c(=O)c1NC(=O)c1cccs1. The highest BCUT2D eigenvalue weighted by Gasteiger charge is 2.15.